The number of guanidine groups is 1. The van der Waals surface area contributed by atoms with Gasteiger partial charge in [0.05, 0.1) is 19.3 Å². The van der Waals surface area contributed by atoms with E-state index in [1.165, 1.54) is 11.1 Å². The van der Waals surface area contributed by atoms with Crippen molar-refractivity contribution in [3.63, 3.8) is 0 Å². The number of benzene rings is 2. The molecule has 1 heterocycles. The van der Waals surface area contributed by atoms with Crippen LogP contribution in [-0.4, -0.2) is 31.6 Å². The number of ether oxygens (including phenoxy) is 1. The molecule has 0 aliphatic rings. The summed E-state index contributed by atoms with van der Waals surface area (Å²) in [5.41, 5.74) is 5.36. The van der Waals surface area contributed by atoms with Crippen LogP contribution in [0.2, 0.25) is 0 Å². The third-order valence-corrected chi connectivity index (χ3v) is 4.69. The van der Waals surface area contributed by atoms with E-state index in [0.717, 1.165) is 41.5 Å². The third kappa shape index (κ3) is 6.48. The Balaban J connectivity index is 0.00000320. The molecule has 0 radical (unpaired) electrons. The molecular formula is C23H29IN4O2. The van der Waals surface area contributed by atoms with E-state index >= 15 is 0 Å². The van der Waals surface area contributed by atoms with Crippen LogP contribution < -0.4 is 15.4 Å². The molecule has 0 amide bonds. The van der Waals surface area contributed by atoms with Crippen molar-refractivity contribution in [3.05, 3.63) is 71.1 Å². The Labute approximate surface area is 195 Å². The minimum absolute atomic E-state index is 0. The minimum atomic E-state index is 0. The van der Waals surface area contributed by atoms with E-state index in [0.29, 0.717) is 12.4 Å². The van der Waals surface area contributed by atoms with Crippen LogP contribution >= 0.6 is 24.0 Å². The van der Waals surface area contributed by atoms with Gasteiger partial charge < -0.3 is 19.8 Å². The van der Waals surface area contributed by atoms with Crippen molar-refractivity contribution in [2.45, 2.75) is 26.8 Å². The van der Waals surface area contributed by atoms with E-state index in [1.54, 1.807) is 20.4 Å². The Morgan fingerprint density at radius 2 is 1.87 bits per heavy atom. The SMILES string of the molecule is CN=C(NCCc1ccc(C)c(OC)c1)NCc1coc(-c2ccc(C)cc2)n1.I. The van der Waals surface area contributed by atoms with E-state index in [-0.39, 0.29) is 24.0 Å². The van der Waals surface area contributed by atoms with Gasteiger partial charge in [0.25, 0.3) is 0 Å². The molecule has 0 saturated carbocycles. The molecule has 0 bridgehead atoms. The first kappa shape index (κ1) is 23.7. The molecule has 3 aromatic rings. The number of aromatic nitrogens is 1. The molecule has 0 aliphatic heterocycles. The van der Waals surface area contributed by atoms with Gasteiger partial charge in [0.2, 0.25) is 5.89 Å². The molecule has 0 spiro atoms. The van der Waals surface area contributed by atoms with Crippen LogP contribution in [0.15, 0.2) is 58.1 Å². The van der Waals surface area contributed by atoms with Gasteiger partial charge in [-0.1, -0.05) is 29.8 Å². The number of oxazole rings is 1. The van der Waals surface area contributed by atoms with Gasteiger partial charge in [-0.15, -0.1) is 24.0 Å². The van der Waals surface area contributed by atoms with E-state index in [1.807, 2.05) is 31.2 Å². The van der Waals surface area contributed by atoms with Gasteiger partial charge in [-0.05, 0) is 49.6 Å². The van der Waals surface area contributed by atoms with Crippen LogP contribution in [0.3, 0.4) is 0 Å². The van der Waals surface area contributed by atoms with Gasteiger partial charge in [0, 0.05) is 19.2 Å². The molecule has 0 unspecified atom stereocenters. The van der Waals surface area contributed by atoms with Crippen LogP contribution in [0, 0.1) is 13.8 Å². The highest BCUT2D eigenvalue weighted by Crippen LogP contribution is 2.20. The quantitative estimate of drug-likeness (QED) is 0.273. The summed E-state index contributed by atoms with van der Waals surface area (Å²) in [4.78, 5) is 8.81. The van der Waals surface area contributed by atoms with Crippen LogP contribution in [0.5, 0.6) is 5.75 Å². The van der Waals surface area contributed by atoms with Crippen molar-refractivity contribution in [1.29, 1.82) is 0 Å². The molecule has 2 N–H and O–H groups in total. The largest absolute Gasteiger partial charge is 0.496 e. The van der Waals surface area contributed by atoms with Crippen molar-refractivity contribution in [2.75, 3.05) is 20.7 Å². The van der Waals surface area contributed by atoms with Crippen molar-refractivity contribution < 1.29 is 9.15 Å². The summed E-state index contributed by atoms with van der Waals surface area (Å²) in [6.45, 7) is 5.40. The molecule has 2 aromatic carbocycles. The first-order valence-electron chi connectivity index (χ1n) is 9.68. The summed E-state index contributed by atoms with van der Waals surface area (Å²) in [5, 5.41) is 6.59. The van der Waals surface area contributed by atoms with Crippen molar-refractivity contribution >= 4 is 29.9 Å². The molecule has 0 fully saturated rings. The summed E-state index contributed by atoms with van der Waals surface area (Å²) in [7, 11) is 3.45. The average molecular weight is 520 g/mol. The normalized spacial score (nSPS) is 11.0. The first-order chi connectivity index (χ1) is 14.1. The van der Waals surface area contributed by atoms with Crippen molar-refractivity contribution in [1.82, 2.24) is 15.6 Å². The number of nitrogens with zero attached hydrogens (tertiary/aromatic N) is 2. The first-order valence-corrected chi connectivity index (χ1v) is 9.68. The zero-order chi connectivity index (χ0) is 20.6. The number of rotatable bonds is 7. The van der Waals surface area contributed by atoms with Gasteiger partial charge in [-0.2, -0.15) is 0 Å². The molecule has 0 saturated heterocycles. The molecule has 3 rings (SSSR count). The Morgan fingerprint density at radius 1 is 1.10 bits per heavy atom. The number of methoxy groups -OCH3 is 1. The average Bonchev–Trinajstić information content (AvgIpc) is 3.21. The van der Waals surface area contributed by atoms with E-state index in [4.69, 9.17) is 9.15 Å². The van der Waals surface area contributed by atoms with Crippen LogP contribution in [0.1, 0.15) is 22.4 Å². The predicted octanol–water partition coefficient (Wildman–Crippen LogP) is 4.49. The van der Waals surface area contributed by atoms with Crippen LogP contribution in [-0.2, 0) is 13.0 Å². The van der Waals surface area contributed by atoms with Gasteiger partial charge in [-0.25, -0.2) is 4.98 Å². The second-order valence-corrected chi connectivity index (χ2v) is 6.92. The standard InChI is InChI=1S/C23H28N4O2.HI/c1-16-5-9-19(10-6-16)22-27-20(15-29-22)14-26-23(24-3)25-12-11-18-8-7-17(2)21(13-18)28-4;/h5-10,13,15H,11-12,14H2,1-4H3,(H2,24,25,26);1H. The smallest absolute Gasteiger partial charge is 0.226 e. The number of hydrogen-bond donors (Lipinski definition) is 2. The lowest BCUT2D eigenvalue weighted by atomic mass is 10.1. The molecular weight excluding hydrogens is 491 g/mol. The van der Waals surface area contributed by atoms with E-state index in [9.17, 15) is 0 Å². The zero-order valence-electron chi connectivity index (χ0n) is 17.9. The summed E-state index contributed by atoms with van der Waals surface area (Å²) in [5.74, 6) is 2.27. The van der Waals surface area contributed by atoms with Crippen molar-refractivity contribution in [3.8, 4) is 17.2 Å². The Bertz CT molecular complexity index is 968. The highest BCUT2D eigenvalue weighted by atomic mass is 127. The monoisotopic (exact) mass is 520 g/mol. The molecule has 0 aliphatic carbocycles. The van der Waals surface area contributed by atoms with E-state index in [2.05, 4.69) is 45.7 Å². The van der Waals surface area contributed by atoms with Crippen molar-refractivity contribution in [2.24, 2.45) is 4.99 Å². The second kappa shape index (κ2) is 11.6. The fourth-order valence-corrected chi connectivity index (χ4v) is 2.96. The Kier molecular flexibility index (Phi) is 9.16. The lowest BCUT2D eigenvalue weighted by Crippen LogP contribution is -2.37. The maximum Gasteiger partial charge on any atom is 0.226 e. The van der Waals surface area contributed by atoms with Gasteiger partial charge >= 0.3 is 0 Å². The fraction of sp³-hybridized carbons (Fsp3) is 0.304. The van der Waals surface area contributed by atoms with Gasteiger partial charge in [0.15, 0.2) is 5.96 Å². The zero-order valence-corrected chi connectivity index (χ0v) is 20.2. The Morgan fingerprint density at radius 3 is 2.57 bits per heavy atom. The predicted molar refractivity (Wildman–Crippen MR) is 132 cm³/mol. The fourth-order valence-electron chi connectivity index (χ4n) is 2.96. The summed E-state index contributed by atoms with van der Waals surface area (Å²) >= 11 is 0. The second-order valence-electron chi connectivity index (χ2n) is 6.92. The number of aryl methyl sites for hydroxylation is 2. The summed E-state index contributed by atoms with van der Waals surface area (Å²) in [6, 6.07) is 14.4. The topological polar surface area (TPSA) is 71.7 Å². The molecule has 1 aromatic heterocycles. The highest BCUT2D eigenvalue weighted by molar-refractivity contribution is 14.0. The molecule has 30 heavy (non-hydrogen) atoms. The van der Waals surface area contributed by atoms with Gasteiger partial charge in [-0.3, -0.25) is 4.99 Å². The van der Waals surface area contributed by atoms with E-state index < -0.39 is 0 Å². The lowest BCUT2D eigenvalue weighted by Gasteiger charge is -2.12. The van der Waals surface area contributed by atoms with Gasteiger partial charge in [0.1, 0.15) is 12.0 Å². The molecule has 7 heteroatoms. The lowest BCUT2D eigenvalue weighted by molar-refractivity contribution is 0.411. The van der Waals surface area contributed by atoms with Crippen LogP contribution in [0.25, 0.3) is 11.5 Å². The Hall–Kier alpha value is -2.55. The maximum atomic E-state index is 5.60. The maximum absolute atomic E-state index is 5.60. The number of aliphatic imine (C=N–C) groups is 1. The third-order valence-electron chi connectivity index (χ3n) is 4.69. The highest BCUT2D eigenvalue weighted by Gasteiger charge is 2.07. The number of nitrogens with one attached hydrogen (secondary N) is 2. The molecule has 160 valence electrons. The number of halogens is 1. The minimum Gasteiger partial charge on any atom is -0.496 e. The molecule has 0 atom stereocenters. The van der Waals surface area contributed by atoms with Crippen LogP contribution in [0.4, 0.5) is 0 Å². The number of hydrogen-bond acceptors (Lipinski definition) is 4. The summed E-state index contributed by atoms with van der Waals surface area (Å²) in [6.07, 6.45) is 2.55. The summed E-state index contributed by atoms with van der Waals surface area (Å²) < 4.78 is 11.0. The molecule has 6 nitrogen and oxygen atoms in total.